The molecule has 4 aliphatic rings. The lowest BCUT2D eigenvalue weighted by Crippen LogP contribution is -2.64. The molecule has 154 valence electrons. The zero-order valence-electron chi connectivity index (χ0n) is 16.8. The number of likely N-dealkylation sites (N-methyl/N-ethyl adjacent to an activating group) is 1. The number of ketones is 1. The van der Waals surface area contributed by atoms with Gasteiger partial charge < -0.3 is 20.6 Å². The van der Waals surface area contributed by atoms with Crippen molar-refractivity contribution in [2.75, 3.05) is 7.05 Å². The number of aliphatic hydroxyl groups excluding tert-OH is 2. The Balaban J connectivity index is 1.72. The van der Waals surface area contributed by atoms with Gasteiger partial charge in [0.1, 0.15) is 5.60 Å². The third-order valence-corrected chi connectivity index (χ3v) is 8.66. The molecule has 28 heavy (non-hydrogen) atoms. The van der Waals surface area contributed by atoms with E-state index in [4.69, 9.17) is 0 Å². The van der Waals surface area contributed by atoms with Gasteiger partial charge in [0, 0.05) is 23.8 Å². The summed E-state index contributed by atoms with van der Waals surface area (Å²) in [5.74, 6) is -0.343. The van der Waals surface area contributed by atoms with Crippen LogP contribution >= 0.6 is 0 Å². The van der Waals surface area contributed by atoms with Crippen LogP contribution in [0.1, 0.15) is 46.0 Å². The number of nitrogens with one attached hydrogen (secondary N) is 1. The first-order chi connectivity index (χ1) is 13.1. The third-order valence-electron chi connectivity index (χ3n) is 8.66. The van der Waals surface area contributed by atoms with E-state index >= 15 is 0 Å². The molecule has 0 spiro atoms. The van der Waals surface area contributed by atoms with Crippen LogP contribution in [0.15, 0.2) is 23.8 Å². The summed E-state index contributed by atoms with van der Waals surface area (Å²) < 4.78 is 0. The van der Waals surface area contributed by atoms with E-state index in [0.717, 1.165) is 18.4 Å². The zero-order chi connectivity index (χ0) is 20.5. The van der Waals surface area contributed by atoms with Crippen LogP contribution in [0.3, 0.4) is 0 Å². The number of carbonyl (C=O) groups excluding carboxylic acids is 2. The maximum Gasteiger partial charge on any atom is 0.251 e. The highest BCUT2D eigenvalue weighted by Gasteiger charge is 2.68. The number of rotatable bonds is 2. The van der Waals surface area contributed by atoms with Crippen molar-refractivity contribution in [3.8, 4) is 0 Å². The van der Waals surface area contributed by atoms with Gasteiger partial charge in [-0.3, -0.25) is 9.59 Å². The molecular formula is C22H31NO5. The molecule has 8 atom stereocenters. The summed E-state index contributed by atoms with van der Waals surface area (Å²) in [6, 6.07) is 0. The third kappa shape index (κ3) is 2.37. The molecule has 0 aromatic rings. The molecule has 1 amide bonds. The SMILES string of the molecule is CNC(=O)C(O)C1(O)CCC2C3CCC4=CC(=O)C=CC4(C)C3C(O)CC21C. The van der Waals surface area contributed by atoms with Crippen LogP contribution in [0, 0.1) is 28.6 Å². The second-order valence-electron chi connectivity index (χ2n) is 9.69. The van der Waals surface area contributed by atoms with Crippen molar-refractivity contribution in [1.82, 2.24) is 5.32 Å². The van der Waals surface area contributed by atoms with Crippen LogP contribution in [-0.4, -0.2) is 51.9 Å². The van der Waals surface area contributed by atoms with Gasteiger partial charge in [0.2, 0.25) is 0 Å². The van der Waals surface area contributed by atoms with Gasteiger partial charge in [-0.1, -0.05) is 25.5 Å². The van der Waals surface area contributed by atoms with Crippen molar-refractivity contribution in [2.45, 2.75) is 63.8 Å². The summed E-state index contributed by atoms with van der Waals surface area (Å²) in [6.45, 7) is 4.02. The fourth-order valence-corrected chi connectivity index (χ4v) is 7.17. The Morgan fingerprint density at radius 3 is 2.71 bits per heavy atom. The number of amides is 1. The van der Waals surface area contributed by atoms with Gasteiger partial charge in [-0.15, -0.1) is 0 Å². The second-order valence-corrected chi connectivity index (χ2v) is 9.69. The summed E-state index contributed by atoms with van der Waals surface area (Å²) >= 11 is 0. The highest BCUT2D eigenvalue weighted by atomic mass is 16.4. The number of allylic oxidation sites excluding steroid dienone is 4. The topological polar surface area (TPSA) is 107 Å². The number of fused-ring (bicyclic) bond motifs is 5. The summed E-state index contributed by atoms with van der Waals surface area (Å²) in [5.41, 5.74) is -1.58. The van der Waals surface area contributed by atoms with Crippen molar-refractivity contribution in [1.29, 1.82) is 0 Å². The predicted molar refractivity (Wildman–Crippen MR) is 103 cm³/mol. The first-order valence-corrected chi connectivity index (χ1v) is 10.3. The Morgan fingerprint density at radius 1 is 1.32 bits per heavy atom. The van der Waals surface area contributed by atoms with E-state index < -0.39 is 29.1 Å². The minimum atomic E-state index is -1.56. The second kappa shape index (κ2) is 6.25. The lowest BCUT2D eigenvalue weighted by Gasteiger charge is -2.60. The Bertz CT molecular complexity index is 775. The first kappa shape index (κ1) is 19.8. The van der Waals surface area contributed by atoms with Gasteiger partial charge in [0.15, 0.2) is 11.9 Å². The van der Waals surface area contributed by atoms with Gasteiger partial charge in [-0.05, 0) is 56.1 Å². The lowest BCUT2D eigenvalue weighted by molar-refractivity contribution is -0.200. The van der Waals surface area contributed by atoms with E-state index in [-0.39, 0.29) is 29.0 Å². The lowest BCUT2D eigenvalue weighted by atomic mass is 9.46. The molecule has 3 fully saturated rings. The molecule has 3 saturated carbocycles. The molecule has 0 bridgehead atoms. The van der Waals surface area contributed by atoms with E-state index in [1.165, 1.54) is 7.05 Å². The molecule has 0 radical (unpaired) electrons. The highest BCUT2D eigenvalue weighted by Crippen LogP contribution is 2.67. The van der Waals surface area contributed by atoms with Gasteiger partial charge in [-0.25, -0.2) is 0 Å². The quantitative estimate of drug-likeness (QED) is 0.566. The van der Waals surface area contributed by atoms with Crippen LogP contribution in [-0.2, 0) is 9.59 Å². The monoisotopic (exact) mass is 389 g/mol. The first-order valence-electron chi connectivity index (χ1n) is 10.3. The van der Waals surface area contributed by atoms with Crippen molar-refractivity contribution in [3.05, 3.63) is 23.8 Å². The molecule has 0 aliphatic heterocycles. The molecule has 8 unspecified atom stereocenters. The molecule has 0 saturated heterocycles. The molecule has 0 aromatic heterocycles. The van der Waals surface area contributed by atoms with Crippen molar-refractivity contribution in [2.24, 2.45) is 28.6 Å². The Kier molecular flexibility index (Phi) is 4.42. The van der Waals surface area contributed by atoms with Crippen molar-refractivity contribution in [3.63, 3.8) is 0 Å². The standard InChI is InChI=1S/C22H31NO5/c1-20-8-6-13(24)10-12(20)4-5-14-15-7-9-22(28,18(26)19(27)23-3)21(15,2)11-16(25)17(14)20/h6,8,10,14-18,25-26,28H,4-5,7,9,11H2,1-3H3,(H,23,27). The number of hydrogen-bond donors (Lipinski definition) is 4. The van der Waals surface area contributed by atoms with Gasteiger partial charge in [0.05, 0.1) is 6.10 Å². The maximum atomic E-state index is 12.1. The van der Waals surface area contributed by atoms with Crippen LogP contribution in [0.4, 0.5) is 0 Å². The number of carbonyl (C=O) groups is 2. The summed E-state index contributed by atoms with van der Waals surface area (Å²) in [4.78, 5) is 24.0. The van der Waals surface area contributed by atoms with Crippen molar-refractivity contribution < 1.29 is 24.9 Å². The van der Waals surface area contributed by atoms with E-state index in [0.29, 0.717) is 19.3 Å². The van der Waals surface area contributed by atoms with E-state index in [1.807, 2.05) is 13.0 Å². The summed E-state index contributed by atoms with van der Waals surface area (Å²) in [5, 5.41) is 35.8. The van der Waals surface area contributed by atoms with Crippen molar-refractivity contribution >= 4 is 11.7 Å². The largest absolute Gasteiger partial charge is 0.393 e. The molecule has 4 rings (SSSR count). The molecule has 0 aromatic carbocycles. The normalized spacial score (nSPS) is 48.2. The Labute approximate surface area is 165 Å². The molecule has 4 N–H and O–H groups in total. The van der Waals surface area contributed by atoms with E-state index in [9.17, 15) is 24.9 Å². The average molecular weight is 389 g/mol. The number of aliphatic hydroxyl groups is 3. The predicted octanol–water partition coefficient (Wildman–Crippen LogP) is 1.10. The highest BCUT2D eigenvalue weighted by molar-refractivity contribution is 6.01. The molecule has 0 heterocycles. The van der Waals surface area contributed by atoms with Gasteiger partial charge in [0.25, 0.3) is 5.91 Å². The number of hydrogen-bond acceptors (Lipinski definition) is 5. The smallest absolute Gasteiger partial charge is 0.251 e. The van der Waals surface area contributed by atoms with E-state index in [1.54, 1.807) is 12.2 Å². The average Bonchev–Trinajstić information content (AvgIpc) is 2.92. The minimum absolute atomic E-state index is 0.00463. The molecule has 6 heteroatoms. The molecule has 4 aliphatic carbocycles. The fourth-order valence-electron chi connectivity index (χ4n) is 7.17. The minimum Gasteiger partial charge on any atom is -0.393 e. The maximum absolute atomic E-state index is 12.1. The van der Waals surface area contributed by atoms with Gasteiger partial charge in [-0.2, -0.15) is 0 Å². The van der Waals surface area contributed by atoms with Crippen LogP contribution in [0.25, 0.3) is 0 Å². The van der Waals surface area contributed by atoms with Crippen LogP contribution in [0.2, 0.25) is 0 Å². The van der Waals surface area contributed by atoms with Crippen LogP contribution < -0.4 is 5.32 Å². The Hall–Kier alpha value is -1.50. The van der Waals surface area contributed by atoms with Crippen LogP contribution in [0.5, 0.6) is 0 Å². The summed E-state index contributed by atoms with van der Waals surface area (Å²) in [6.07, 6.45) is 6.10. The molecular weight excluding hydrogens is 358 g/mol. The summed E-state index contributed by atoms with van der Waals surface area (Å²) in [7, 11) is 1.45. The zero-order valence-corrected chi connectivity index (χ0v) is 16.8. The van der Waals surface area contributed by atoms with E-state index in [2.05, 4.69) is 12.2 Å². The Morgan fingerprint density at radius 2 is 2.04 bits per heavy atom. The molecule has 6 nitrogen and oxygen atoms in total. The van der Waals surface area contributed by atoms with Gasteiger partial charge >= 0.3 is 0 Å². The fraction of sp³-hybridized carbons (Fsp3) is 0.727.